The molecule has 2 aromatic rings. The van der Waals surface area contributed by atoms with Gasteiger partial charge in [0.15, 0.2) is 0 Å². The first-order valence-electron chi connectivity index (χ1n) is 11.4. The lowest BCUT2D eigenvalue weighted by molar-refractivity contribution is -0.144. The minimum atomic E-state index is -4.72. The molecule has 1 heterocycles. The quantitative estimate of drug-likeness (QED) is 0.538. The highest BCUT2D eigenvalue weighted by Gasteiger charge is 2.40. The number of benzene rings is 2. The van der Waals surface area contributed by atoms with Gasteiger partial charge in [0.25, 0.3) is 0 Å². The monoisotopic (exact) mass is 507 g/mol. The number of likely N-dealkylation sites (tertiary alicyclic amines) is 1. The van der Waals surface area contributed by atoms with Crippen molar-refractivity contribution in [2.45, 2.75) is 51.5 Å². The summed E-state index contributed by atoms with van der Waals surface area (Å²) in [6, 6.07) is 11.5. The van der Waals surface area contributed by atoms with Gasteiger partial charge in [0.1, 0.15) is 12.2 Å². The molecule has 36 heavy (non-hydrogen) atoms. The van der Waals surface area contributed by atoms with Crippen LogP contribution in [0.25, 0.3) is 0 Å². The van der Waals surface area contributed by atoms with Gasteiger partial charge >= 0.3 is 24.2 Å². The molecule has 1 amide bonds. The Hall–Kier alpha value is -3.56. The minimum Gasteiger partial charge on any atom is -0.481 e. The van der Waals surface area contributed by atoms with Gasteiger partial charge in [-0.15, -0.1) is 0 Å². The second-order valence-electron chi connectivity index (χ2n) is 9.63. The van der Waals surface area contributed by atoms with Crippen molar-refractivity contribution in [3.05, 3.63) is 70.8 Å². The van der Waals surface area contributed by atoms with Crippen molar-refractivity contribution in [3.8, 4) is 0 Å². The summed E-state index contributed by atoms with van der Waals surface area (Å²) >= 11 is 0. The molecule has 1 fully saturated rings. The summed E-state index contributed by atoms with van der Waals surface area (Å²) in [5.41, 5.74) is -1.60. The number of piperidine rings is 1. The average molecular weight is 508 g/mol. The molecule has 7 nitrogen and oxygen atoms in total. The maximum Gasteiger partial charge on any atom is 0.416 e. The number of carbonyl (C=O) groups excluding carboxylic acids is 2. The van der Waals surface area contributed by atoms with E-state index in [0.717, 1.165) is 17.7 Å². The maximum atomic E-state index is 13.4. The summed E-state index contributed by atoms with van der Waals surface area (Å²) in [5.74, 6) is -4.16. The van der Waals surface area contributed by atoms with E-state index in [1.165, 1.54) is 4.90 Å². The highest BCUT2D eigenvalue weighted by Crippen LogP contribution is 2.38. The summed E-state index contributed by atoms with van der Waals surface area (Å²) < 4.78 is 51.0. The van der Waals surface area contributed by atoms with E-state index in [-0.39, 0.29) is 37.2 Å². The molecule has 0 radical (unpaired) electrons. The van der Waals surface area contributed by atoms with E-state index in [4.69, 9.17) is 9.47 Å². The Bertz CT molecular complexity index is 1110. The standard InChI is InChI=1S/C26H28F3NO6/c1-25(2,3)36-23(33)20-13-17(26(27,28)29)9-10-18(20)21-14-30(12-11-19(21)22(31)32)24(34)35-15-16-7-5-4-6-8-16/h4-10,13,19,21H,11-12,14-15H2,1-3H3,(H,31,32)/t19-,21+/m1/s1. The second-order valence-corrected chi connectivity index (χ2v) is 9.63. The lowest BCUT2D eigenvalue weighted by Crippen LogP contribution is -2.45. The molecule has 1 aliphatic rings. The number of carboxylic acid groups (broad SMARTS) is 1. The summed E-state index contributed by atoms with van der Waals surface area (Å²) in [7, 11) is 0. The van der Waals surface area contributed by atoms with Crippen LogP contribution in [-0.2, 0) is 27.1 Å². The molecule has 194 valence electrons. The van der Waals surface area contributed by atoms with Crippen molar-refractivity contribution in [2.75, 3.05) is 13.1 Å². The number of rotatable bonds is 5. The van der Waals surface area contributed by atoms with Crippen molar-refractivity contribution in [2.24, 2.45) is 5.92 Å². The number of amides is 1. The topological polar surface area (TPSA) is 93.1 Å². The Labute approximate surface area is 206 Å². The molecule has 0 bridgehead atoms. The van der Waals surface area contributed by atoms with Crippen LogP contribution < -0.4 is 0 Å². The van der Waals surface area contributed by atoms with Crippen molar-refractivity contribution >= 4 is 18.0 Å². The van der Waals surface area contributed by atoms with Gasteiger partial charge < -0.3 is 19.5 Å². The summed E-state index contributed by atoms with van der Waals surface area (Å²) in [5, 5.41) is 9.82. The van der Waals surface area contributed by atoms with Crippen LogP contribution in [-0.4, -0.2) is 46.7 Å². The van der Waals surface area contributed by atoms with Gasteiger partial charge in [-0.3, -0.25) is 4.79 Å². The molecule has 0 aliphatic carbocycles. The van der Waals surface area contributed by atoms with E-state index in [0.29, 0.717) is 6.07 Å². The third-order valence-electron chi connectivity index (χ3n) is 5.79. The van der Waals surface area contributed by atoms with Crippen LogP contribution >= 0.6 is 0 Å². The molecule has 10 heteroatoms. The molecule has 0 aromatic heterocycles. The molecular formula is C26H28F3NO6. The fourth-order valence-corrected chi connectivity index (χ4v) is 4.10. The maximum absolute atomic E-state index is 13.4. The lowest BCUT2D eigenvalue weighted by atomic mass is 9.78. The molecular weight excluding hydrogens is 479 g/mol. The predicted octanol–water partition coefficient (Wildman–Crippen LogP) is 5.49. The zero-order chi connectivity index (χ0) is 26.7. The Morgan fingerprint density at radius 3 is 2.31 bits per heavy atom. The number of hydrogen-bond donors (Lipinski definition) is 1. The number of aliphatic carboxylic acids is 1. The Kier molecular flexibility index (Phi) is 7.96. The molecule has 0 saturated carbocycles. The smallest absolute Gasteiger partial charge is 0.416 e. The van der Waals surface area contributed by atoms with Crippen LogP contribution in [0.2, 0.25) is 0 Å². The van der Waals surface area contributed by atoms with Gasteiger partial charge in [-0.2, -0.15) is 13.2 Å². The minimum absolute atomic E-state index is 0.00658. The number of halogens is 3. The molecule has 1 N–H and O–H groups in total. The van der Waals surface area contributed by atoms with E-state index in [1.807, 2.05) is 6.07 Å². The third kappa shape index (κ3) is 6.77. The molecule has 2 aromatic carbocycles. The highest BCUT2D eigenvalue weighted by molar-refractivity contribution is 5.92. The van der Waals surface area contributed by atoms with E-state index in [2.05, 4.69) is 0 Å². The molecule has 1 aliphatic heterocycles. The second kappa shape index (κ2) is 10.6. The number of ether oxygens (including phenoxy) is 2. The zero-order valence-corrected chi connectivity index (χ0v) is 20.2. The van der Waals surface area contributed by atoms with Crippen LogP contribution in [0.1, 0.15) is 60.2 Å². The molecule has 3 rings (SSSR count). The van der Waals surface area contributed by atoms with Crippen molar-refractivity contribution in [1.29, 1.82) is 0 Å². The number of carboxylic acids is 1. The SMILES string of the molecule is CC(C)(C)OC(=O)c1cc(C(F)(F)F)ccc1[C@@H]1CN(C(=O)OCc2ccccc2)CC[C@H]1C(=O)O. The number of nitrogens with zero attached hydrogens (tertiary/aromatic N) is 1. The molecule has 2 atom stereocenters. The van der Waals surface area contributed by atoms with Crippen LogP contribution in [0.4, 0.5) is 18.0 Å². The molecule has 1 saturated heterocycles. The average Bonchev–Trinajstić information content (AvgIpc) is 2.80. The highest BCUT2D eigenvalue weighted by atomic mass is 19.4. The first-order valence-corrected chi connectivity index (χ1v) is 11.4. The van der Waals surface area contributed by atoms with E-state index >= 15 is 0 Å². The third-order valence-corrected chi connectivity index (χ3v) is 5.79. The first kappa shape index (κ1) is 27.0. The van der Waals surface area contributed by atoms with E-state index < -0.39 is 47.2 Å². The normalized spacial score (nSPS) is 18.4. The van der Waals surface area contributed by atoms with E-state index in [1.54, 1.807) is 45.0 Å². The number of esters is 1. The van der Waals surface area contributed by atoms with Crippen LogP contribution in [0.15, 0.2) is 48.5 Å². The summed E-state index contributed by atoms with van der Waals surface area (Å²) in [6.07, 6.45) is -5.37. The Morgan fingerprint density at radius 2 is 1.72 bits per heavy atom. The van der Waals surface area contributed by atoms with Gasteiger partial charge in [0, 0.05) is 19.0 Å². The number of alkyl halides is 3. The zero-order valence-electron chi connectivity index (χ0n) is 20.2. The van der Waals surface area contributed by atoms with Gasteiger partial charge in [-0.1, -0.05) is 36.4 Å². The first-order chi connectivity index (χ1) is 16.8. The summed E-state index contributed by atoms with van der Waals surface area (Å²) in [6.45, 7) is 4.66. The molecule has 0 spiro atoms. The lowest BCUT2D eigenvalue weighted by Gasteiger charge is -2.37. The largest absolute Gasteiger partial charge is 0.481 e. The number of carbonyl (C=O) groups is 3. The van der Waals surface area contributed by atoms with Gasteiger partial charge in [-0.05, 0) is 50.5 Å². The van der Waals surface area contributed by atoms with Crippen LogP contribution in [0, 0.1) is 5.92 Å². The summed E-state index contributed by atoms with van der Waals surface area (Å²) in [4.78, 5) is 39.0. The number of hydrogen-bond acceptors (Lipinski definition) is 5. The van der Waals surface area contributed by atoms with Gasteiger partial charge in [-0.25, -0.2) is 9.59 Å². The van der Waals surface area contributed by atoms with Crippen molar-refractivity contribution in [1.82, 2.24) is 4.90 Å². The fraction of sp³-hybridized carbons (Fsp3) is 0.423. The van der Waals surface area contributed by atoms with Crippen molar-refractivity contribution < 1.29 is 42.1 Å². The van der Waals surface area contributed by atoms with Gasteiger partial charge in [0.05, 0.1) is 17.0 Å². The van der Waals surface area contributed by atoms with Gasteiger partial charge in [0.2, 0.25) is 0 Å². The Morgan fingerprint density at radius 1 is 1.06 bits per heavy atom. The van der Waals surface area contributed by atoms with Crippen molar-refractivity contribution in [3.63, 3.8) is 0 Å². The fourth-order valence-electron chi connectivity index (χ4n) is 4.10. The van der Waals surface area contributed by atoms with Crippen LogP contribution in [0.5, 0.6) is 0 Å². The Balaban J connectivity index is 1.93. The predicted molar refractivity (Wildman–Crippen MR) is 123 cm³/mol. The van der Waals surface area contributed by atoms with Crippen LogP contribution in [0.3, 0.4) is 0 Å². The molecule has 0 unspecified atom stereocenters. The van der Waals surface area contributed by atoms with E-state index in [9.17, 15) is 32.7 Å².